The summed E-state index contributed by atoms with van der Waals surface area (Å²) in [4.78, 5) is 24.3. The molecular formula is C16H18N2O7Se. The van der Waals surface area contributed by atoms with Gasteiger partial charge in [0.25, 0.3) is 0 Å². The van der Waals surface area contributed by atoms with Crippen molar-refractivity contribution in [2.45, 2.75) is 23.3 Å². The number of aliphatic hydroxyl groups excluding tert-OH is 1. The number of aromatic amines is 1. The van der Waals surface area contributed by atoms with Crippen LogP contribution in [0.1, 0.15) is 6.23 Å². The van der Waals surface area contributed by atoms with Crippen LogP contribution in [0.4, 0.5) is 0 Å². The summed E-state index contributed by atoms with van der Waals surface area (Å²) in [6.45, 7) is -0.560. The van der Waals surface area contributed by atoms with Crippen LogP contribution in [0.15, 0.2) is 52.2 Å². The summed E-state index contributed by atoms with van der Waals surface area (Å²) in [7, 11) is 1.31. The molecule has 0 amide bonds. The molecule has 140 valence electrons. The monoisotopic (exact) mass is 430 g/mol. The average molecular weight is 429 g/mol. The van der Waals surface area contributed by atoms with Gasteiger partial charge in [0.05, 0.1) is 0 Å². The number of methoxy groups -OCH3 is 1. The molecule has 2 N–H and O–H groups in total. The summed E-state index contributed by atoms with van der Waals surface area (Å²) >= 11 is -4.83. The van der Waals surface area contributed by atoms with Gasteiger partial charge in [-0.3, -0.25) is 0 Å². The van der Waals surface area contributed by atoms with Crippen LogP contribution >= 0.6 is 0 Å². The van der Waals surface area contributed by atoms with E-state index < -0.39 is 53.8 Å². The van der Waals surface area contributed by atoms with Crippen LogP contribution in [0, 0.1) is 0 Å². The van der Waals surface area contributed by atoms with E-state index >= 15 is 0 Å². The molecule has 1 aromatic heterocycles. The summed E-state index contributed by atoms with van der Waals surface area (Å²) in [5.41, 5.74) is -1.34. The molecule has 0 unspecified atom stereocenters. The van der Waals surface area contributed by atoms with E-state index in [1.54, 1.807) is 18.2 Å². The summed E-state index contributed by atoms with van der Waals surface area (Å²) in [5, 5.41) is 9.66. The Labute approximate surface area is 149 Å². The SMILES string of the molecule is CO[C@@H]1[C@H]([Se](=O)(=O)c2ccccc2)[C@@H](CO)O[C@H]1n1ccc(=O)[nH]c1=O. The zero-order valence-electron chi connectivity index (χ0n) is 13.8. The number of ether oxygens (including phenoxy) is 2. The minimum atomic E-state index is -4.83. The zero-order valence-corrected chi connectivity index (χ0v) is 15.5. The molecule has 2 heterocycles. The van der Waals surface area contributed by atoms with E-state index in [1.807, 2.05) is 0 Å². The predicted molar refractivity (Wildman–Crippen MR) is 90.1 cm³/mol. The third-order valence-electron chi connectivity index (χ3n) is 4.29. The van der Waals surface area contributed by atoms with Crippen molar-refractivity contribution in [2.75, 3.05) is 13.7 Å². The fourth-order valence-electron chi connectivity index (χ4n) is 3.10. The van der Waals surface area contributed by atoms with Gasteiger partial charge >= 0.3 is 149 Å². The van der Waals surface area contributed by atoms with Gasteiger partial charge in [0.2, 0.25) is 0 Å². The number of rotatable bonds is 5. The Kier molecular flexibility index (Phi) is 5.22. The number of benzene rings is 1. The predicted octanol–water partition coefficient (Wildman–Crippen LogP) is -0.978. The van der Waals surface area contributed by atoms with E-state index in [4.69, 9.17) is 9.47 Å². The average Bonchev–Trinajstić information content (AvgIpc) is 3.01. The number of hydrogen-bond donors (Lipinski definition) is 2. The van der Waals surface area contributed by atoms with E-state index in [1.165, 1.54) is 25.4 Å². The van der Waals surface area contributed by atoms with Crippen molar-refractivity contribution in [2.24, 2.45) is 0 Å². The second kappa shape index (κ2) is 7.26. The molecule has 0 radical (unpaired) electrons. The molecular weight excluding hydrogens is 411 g/mol. The first kappa shape index (κ1) is 18.7. The Bertz CT molecular complexity index is 983. The number of hydrogen-bond acceptors (Lipinski definition) is 7. The van der Waals surface area contributed by atoms with E-state index in [2.05, 4.69) is 4.98 Å². The van der Waals surface area contributed by atoms with Crippen LogP contribution in [-0.4, -0.2) is 53.3 Å². The second-order valence-electron chi connectivity index (χ2n) is 5.79. The standard InChI is InChI=1S/C16H18N2O7Se/c1-24-13-14(26(22,23)10-5-3-2-4-6-10)11(9-19)25-15(13)18-8-7-12(20)17-16(18)21/h2-8,11,13-15,19H,9H2,1H3,(H,17,20,21)/t11-,13-,14-,15-/m1/s1. The summed E-state index contributed by atoms with van der Waals surface area (Å²) in [6.07, 6.45) is -2.00. The Balaban J connectivity index is 2.08. The van der Waals surface area contributed by atoms with Gasteiger partial charge in [-0.2, -0.15) is 0 Å². The van der Waals surface area contributed by atoms with Crippen molar-refractivity contribution in [1.82, 2.24) is 9.55 Å². The van der Waals surface area contributed by atoms with Gasteiger partial charge in [-0.1, -0.05) is 0 Å². The van der Waals surface area contributed by atoms with Gasteiger partial charge in [0.15, 0.2) is 0 Å². The van der Waals surface area contributed by atoms with Crippen molar-refractivity contribution in [1.29, 1.82) is 0 Å². The number of aliphatic hydroxyl groups is 1. The van der Waals surface area contributed by atoms with Crippen LogP contribution in [0.3, 0.4) is 0 Å². The topological polar surface area (TPSA) is 128 Å². The van der Waals surface area contributed by atoms with Crippen molar-refractivity contribution in [3.63, 3.8) is 0 Å². The molecule has 10 heteroatoms. The number of nitrogens with zero attached hydrogens (tertiary/aromatic N) is 1. The third-order valence-corrected chi connectivity index (χ3v) is 8.95. The van der Waals surface area contributed by atoms with Gasteiger partial charge in [0.1, 0.15) is 0 Å². The first-order chi connectivity index (χ1) is 12.4. The van der Waals surface area contributed by atoms with Gasteiger partial charge in [0, 0.05) is 0 Å². The molecule has 1 aromatic carbocycles. The van der Waals surface area contributed by atoms with Crippen LogP contribution in [0.25, 0.3) is 0 Å². The molecule has 9 nitrogen and oxygen atoms in total. The molecule has 0 spiro atoms. The van der Waals surface area contributed by atoms with E-state index in [9.17, 15) is 22.4 Å². The van der Waals surface area contributed by atoms with E-state index in [0.717, 1.165) is 10.6 Å². The summed E-state index contributed by atoms with van der Waals surface area (Å²) in [5.74, 6) is 0. The van der Waals surface area contributed by atoms with Gasteiger partial charge in [-0.05, 0) is 0 Å². The quantitative estimate of drug-likeness (QED) is 0.585. The maximum absolute atomic E-state index is 13.1. The molecule has 26 heavy (non-hydrogen) atoms. The first-order valence-electron chi connectivity index (χ1n) is 7.79. The molecule has 4 atom stereocenters. The number of nitrogens with one attached hydrogen (secondary N) is 1. The molecule has 1 saturated heterocycles. The van der Waals surface area contributed by atoms with E-state index in [0.29, 0.717) is 0 Å². The van der Waals surface area contributed by atoms with Crippen molar-refractivity contribution in [3.8, 4) is 0 Å². The fourth-order valence-corrected chi connectivity index (χ4v) is 7.30. The second-order valence-corrected chi connectivity index (χ2v) is 10.2. The minimum absolute atomic E-state index is 0.132. The molecule has 1 aliphatic rings. The van der Waals surface area contributed by atoms with Crippen molar-refractivity contribution >= 4 is 17.2 Å². The molecule has 2 aromatic rings. The van der Waals surface area contributed by atoms with Gasteiger partial charge in [-0.25, -0.2) is 0 Å². The Hall–Kier alpha value is -2.10. The molecule has 1 aliphatic heterocycles. The molecule has 0 aliphatic carbocycles. The molecule has 0 bridgehead atoms. The molecule has 0 saturated carbocycles. The fraction of sp³-hybridized carbons (Fsp3) is 0.375. The normalized spacial score (nSPS) is 26.1. The van der Waals surface area contributed by atoms with Crippen molar-refractivity contribution < 1.29 is 22.2 Å². The van der Waals surface area contributed by atoms with E-state index in [-0.39, 0.29) is 4.46 Å². The zero-order chi connectivity index (χ0) is 18.9. The Morgan fingerprint density at radius 3 is 2.50 bits per heavy atom. The van der Waals surface area contributed by atoms with Crippen LogP contribution in [0.5, 0.6) is 0 Å². The third kappa shape index (κ3) is 3.17. The number of H-pyrrole nitrogens is 1. The van der Waals surface area contributed by atoms with Crippen molar-refractivity contribution in [3.05, 3.63) is 63.4 Å². The first-order valence-corrected chi connectivity index (χ1v) is 11.0. The van der Waals surface area contributed by atoms with Crippen LogP contribution in [-0.2, 0) is 17.1 Å². The Morgan fingerprint density at radius 2 is 1.92 bits per heavy atom. The Morgan fingerprint density at radius 1 is 1.23 bits per heavy atom. The maximum atomic E-state index is 13.1. The molecule has 3 rings (SSSR count). The summed E-state index contributed by atoms with van der Waals surface area (Å²) in [6, 6.07) is 8.97. The van der Waals surface area contributed by atoms with Gasteiger partial charge in [-0.15, -0.1) is 0 Å². The number of aromatic nitrogens is 2. The van der Waals surface area contributed by atoms with Gasteiger partial charge < -0.3 is 0 Å². The molecule has 1 fully saturated rings. The summed E-state index contributed by atoms with van der Waals surface area (Å²) < 4.78 is 38.5. The van der Waals surface area contributed by atoms with Crippen LogP contribution in [0.2, 0.25) is 4.82 Å². The van der Waals surface area contributed by atoms with Crippen LogP contribution < -0.4 is 15.7 Å².